The van der Waals surface area contributed by atoms with Gasteiger partial charge in [-0.2, -0.15) is 11.8 Å². The van der Waals surface area contributed by atoms with E-state index < -0.39 is 12.2 Å². The molecular weight excluding hydrogens is 460 g/mol. The molecule has 4 N–H and O–H groups in total. The highest BCUT2D eigenvalue weighted by molar-refractivity contribution is 7.99. The Bertz CT molecular complexity index is 761. The standard InChI is InChI=1S/C18H28N6O4S3/c1-11(25)3-5-13(27)19-17-23-21-15(30-17)7-9-29-10-8-16-22-24-18(31-16)20-14(28)6-4-12(2)26/h11-12,25-26H,3-10H2,1-2H3,(H,19,23,27)(H,20,24,28)/t11-,12-/m1/s1. The molecule has 0 aliphatic carbocycles. The minimum Gasteiger partial charge on any atom is -0.393 e. The molecule has 0 aromatic carbocycles. The zero-order valence-electron chi connectivity index (χ0n) is 17.5. The highest BCUT2D eigenvalue weighted by atomic mass is 32.2. The molecule has 2 heterocycles. The van der Waals surface area contributed by atoms with Crippen molar-refractivity contribution in [3.8, 4) is 0 Å². The number of aromatic nitrogens is 4. The quantitative estimate of drug-likeness (QED) is 0.293. The van der Waals surface area contributed by atoms with Crippen LogP contribution in [0.4, 0.5) is 10.3 Å². The Morgan fingerprint density at radius 3 is 1.65 bits per heavy atom. The predicted molar refractivity (Wildman–Crippen MR) is 124 cm³/mol. The Hall–Kier alpha value is -1.67. The van der Waals surface area contributed by atoms with Gasteiger partial charge < -0.3 is 20.8 Å². The van der Waals surface area contributed by atoms with Crippen molar-refractivity contribution in [2.45, 2.75) is 64.6 Å². The van der Waals surface area contributed by atoms with E-state index >= 15 is 0 Å². The van der Waals surface area contributed by atoms with Gasteiger partial charge in [-0.1, -0.05) is 22.7 Å². The number of anilines is 2. The number of rotatable bonds is 14. The fraction of sp³-hybridized carbons (Fsp3) is 0.667. The third-order valence-corrected chi connectivity index (χ3v) is 6.71. The second-order valence-corrected chi connectivity index (χ2v) is 10.3. The lowest BCUT2D eigenvalue weighted by Gasteiger charge is -2.03. The van der Waals surface area contributed by atoms with Crippen LogP contribution < -0.4 is 10.6 Å². The van der Waals surface area contributed by atoms with Gasteiger partial charge in [-0.25, -0.2) is 0 Å². The van der Waals surface area contributed by atoms with Crippen molar-refractivity contribution in [1.29, 1.82) is 0 Å². The van der Waals surface area contributed by atoms with Crippen LogP contribution >= 0.6 is 34.4 Å². The van der Waals surface area contributed by atoms with Crippen LogP contribution in [-0.4, -0.2) is 66.1 Å². The number of aryl methyl sites for hydroxylation is 2. The van der Waals surface area contributed by atoms with Crippen molar-refractivity contribution in [2.24, 2.45) is 0 Å². The van der Waals surface area contributed by atoms with Gasteiger partial charge in [-0.15, -0.1) is 20.4 Å². The van der Waals surface area contributed by atoms with Crippen LogP contribution in [0.15, 0.2) is 0 Å². The van der Waals surface area contributed by atoms with Gasteiger partial charge in [0.2, 0.25) is 22.1 Å². The largest absolute Gasteiger partial charge is 0.393 e. The van der Waals surface area contributed by atoms with Gasteiger partial charge in [0.05, 0.1) is 12.2 Å². The lowest BCUT2D eigenvalue weighted by Crippen LogP contribution is -2.13. The van der Waals surface area contributed by atoms with E-state index in [4.69, 9.17) is 0 Å². The van der Waals surface area contributed by atoms with Crippen LogP contribution in [0.2, 0.25) is 0 Å². The van der Waals surface area contributed by atoms with E-state index in [0.29, 0.717) is 23.1 Å². The van der Waals surface area contributed by atoms with Crippen LogP contribution in [-0.2, 0) is 22.4 Å². The molecule has 0 aliphatic heterocycles. The van der Waals surface area contributed by atoms with Crippen LogP contribution in [0.3, 0.4) is 0 Å². The Morgan fingerprint density at radius 2 is 1.26 bits per heavy atom. The first-order valence-electron chi connectivity index (χ1n) is 10.00. The maximum absolute atomic E-state index is 11.7. The smallest absolute Gasteiger partial charge is 0.226 e. The first kappa shape index (κ1) is 25.6. The molecule has 2 amide bonds. The average molecular weight is 489 g/mol. The number of thioether (sulfide) groups is 1. The van der Waals surface area contributed by atoms with Crippen molar-refractivity contribution in [3.63, 3.8) is 0 Å². The maximum atomic E-state index is 11.7. The summed E-state index contributed by atoms with van der Waals surface area (Å²) in [4.78, 5) is 23.5. The lowest BCUT2D eigenvalue weighted by atomic mass is 10.2. The van der Waals surface area contributed by atoms with Gasteiger partial charge in [0.25, 0.3) is 0 Å². The molecule has 2 aromatic heterocycles. The number of nitrogens with zero attached hydrogens (tertiary/aromatic N) is 4. The summed E-state index contributed by atoms with van der Waals surface area (Å²) in [7, 11) is 0. The van der Waals surface area contributed by atoms with Crippen LogP contribution in [0.1, 0.15) is 49.5 Å². The van der Waals surface area contributed by atoms with Crippen molar-refractivity contribution in [1.82, 2.24) is 20.4 Å². The normalized spacial score (nSPS) is 13.0. The second kappa shape index (κ2) is 13.7. The molecule has 13 heteroatoms. The summed E-state index contributed by atoms with van der Waals surface area (Å²) in [5, 5.41) is 42.7. The van der Waals surface area contributed by atoms with E-state index in [2.05, 4.69) is 31.0 Å². The van der Waals surface area contributed by atoms with Gasteiger partial charge in [-0.3, -0.25) is 9.59 Å². The van der Waals surface area contributed by atoms with Crippen molar-refractivity contribution >= 4 is 56.5 Å². The highest BCUT2D eigenvalue weighted by Crippen LogP contribution is 2.20. The monoisotopic (exact) mass is 488 g/mol. The maximum Gasteiger partial charge on any atom is 0.226 e. The summed E-state index contributed by atoms with van der Waals surface area (Å²) < 4.78 is 0. The molecule has 10 nitrogen and oxygen atoms in total. The number of hydrogen-bond acceptors (Lipinski definition) is 11. The molecule has 0 bridgehead atoms. The number of nitrogens with one attached hydrogen (secondary N) is 2. The number of carbonyl (C=O) groups excluding carboxylic acids is 2. The molecular formula is C18H28N6O4S3. The summed E-state index contributed by atoms with van der Waals surface area (Å²) in [6, 6.07) is 0. The topological polar surface area (TPSA) is 150 Å². The molecule has 0 radical (unpaired) electrons. The van der Waals surface area contributed by atoms with Crippen molar-refractivity contribution < 1.29 is 19.8 Å². The van der Waals surface area contributed by atoms with E-state index in [1.165, 1.54) is 22.7 Å². The lowest BCUT2D eigenvalue weighted by molar-refractivity contribution is -0.117. The molecule has 0 spiro atoms. The molecule has 0 saturated heterocycles. The van der Waals surface area contributed by atoms with Gasteiger partial charge in [-0.05, 0) is 38.2 Å². The first-order chi connectivity index (χ1) is 14.8. The van der Waals surface area contributed by atoms with Crippen molar-refractivity contribution in [2.75, 3.05) is 22.1 Å². The summed E-state index contributed by atoms with van der Waals surface area (Å²) in [5.74, 6) is 1.39. The Labute approximate surface area is 193 Å². The Kier molecular flexibility index (Phi) is 11.3. The van der Waals surface area contributed by atoms with Crippen molar-refractivity contribution in [3.05, 3.63) is 10.0 Å². The van der Waals surface area contributed by atoms with E-state index in [-0.39, 0.29) is 24.7 Å². The average Bonchev–Trinajstić information content (AvgIpc) is 3.34. The minimum absolute atomic E-state index is 0.173. The summed E-state index contributed by atoms with van der Waals surface area (Å²) in [5.41, 5.74) is 0. The molecule has 2 atom stereocenters. The molecule has 31 heavy (non-hydrogen) atoms. The highest BCUT2D eigenvalue weighted by Gasteiger charge is 2.11. The molecule has 0 fully saturated rings. The SMILES string of the molecule is C[C@@H](O)CCC(=O)Nc1nnc(CCSCCc2nnc(NC(=O)CC[C@@H](C)O)s2)s1. The van der Waals surface area contributed by atoms with Crippen LogP contribution in [0, 0.1) is 0 Å². The van der Waals surface area contributed by atoms with Gasteiger partial charge in [0, 0.05) is 25.7 Å². The number of aliphatic hydroxyl groups is 2. The fourth-order valence-electron chi connectivity index (χ4n) is 2.27. The molecule has 0 saturated carbocycles. The van der Waals surface area contributed by atoms with Crippen LogP contribution in [0.25, 0.3) is 0 Å². The van der Waals surface area contributed by atoms with Gasteiger partial charge >= 0.3 is 0 Å². The fourth-order valence-corrected chi connectivity index (χ4v) is 4.92. The predicted octanol–water partition coefficient (Wildman–Crippen LogP) is 2.11. The van der Waals surface area contributed by atoms with E-state index in [1.54, 1.807) is 25.6 Å². The number of amides is 2. The molecule has 0 unspecified atom stereocenters. The third kappa shape index (κ3) is 11.0. The summed E-state index contributed by atoms with van der Waals surface area (Å²) in [6.07, 6.45) is 1.85. The molecule has 2 rings (SSSR count). The number of hydrogen-bond donors (Lipinski definition) is 4. The van der Waals surface area contributed by atoms with E-state index in [9.17, 15) is 19.8 Å². The summed E-state index contributed by atoms with van der Waals surface area (Å²) in [6.45, 7) is 3.30. The summed E-state index contributed by atoms with van der Waals surface area (Å²) >= 11 is 4.48. The van der Waals surface area contributed by atoms with Crippen LogP contribution in [0.5, 0.6) is 0 Å². The van der Waals surface area contributed by atoms with E-state index in [1.807, 2.05) is 0 Å². The number of aliphatic hydroxyl groups excluding tert-OH is 2. The number of carbonyl (C=O) groups is 2. The third-order valence-electron chi connectivity index (χ3n) is 3.93. The molecule has 2 aromatic rings. The van der Waals surface area contributed by atoms with Gasteiger partial charge in [0.1, 0.15) is 10.0 Å². The first-order valence-corrected chi connectivity index (χ1v) is 12.8. The molecule has 0 aliphatic rings. The van der Waals surface area contributed by atoms with E-state index in [0.717, 1.165) is 34.4 Å². The Balaban J connectivity index is 1.60. The minimum atomic E-state index is -0.501. The Morgan fingerprint density at radius 1 is 0.839 bits per heavy atom. The molecule has 172 valence electrons. The second-order valence-electron chi connectivity index (χ2n) is 6.99. The zero-order chi connectivity index (χ0) is 22.6. The zero-order valence-corrected chi connectivity index (χ0v) is 20.0. The van der Waals surface area contributed by atoms with Gasteiger partial charge in [0.15, 0.2) is 0 Å².